The highest BCUT2D eigenvalue weighted by Gasteiger charge is 2.13. The van der Waals surface area contributed by atoms with Crippen LogP contribution in [-0.4, -0.2) is 17.9 Å². The van der Waals surface area contributed by atoms with Gasteiger partial charge < -0.3 is 5.11 Å². The second kappa shape index (κ2) is 4.69. The fourth-order valence-corrected chi connectivity index (χ4v) is 0.907. The van der Waals surface area contributed by atoms with Crippen molar-refractivity contribution in [1.82, 2.24) is 5.32 Å². The highest BCUT2D eigenvalue weighted by Crippen LogP contribution is 2.13. The lowest BCUT2D eigenvalue weighted by atomic mass is 9.91. The van der Waals surface area contributed by atoms with Crippen molar-refractivity contribution >= 4 is 0 Å². The van der Waals surface area contributed by atoms with Crippen molar-refractivity contribution in [3.8, 4) is 0 Å². The highest BCUT2D eigenvalue weighted by atomic mass is 16.3. The molecule has 0 aromatic rings. The van der Waals surface area contributed by atoms with Crippen molar-refractivity contribution < 1.29 is 5.11 Å². The van der Waals surface area contributed by atoms with Gasteiger partial charge in [-0.3, -0.25) is 5.32 Å². The predicted molar refractivity (Wildman–Crippen MR) is 43.7 cm³/mol. The molecule has 2 atom stereocenters. The van der Waals surface area contributed by atoms with Crippen LogP contribution in [0.5, 0.6) is 0 Å². The summed E-state index contributed by atoms with van der Waals surface area (Å²) in [5.74, 6) is 1.29. The van der Waals surface area contributed by atoms with E-state index in [9.17, 15) is 0 Å². The van der Waals surface area contributed by atoms with E-state index >= 15 is 0 Å². The summed E-state index contributed by atoms with van der Waals surface area (Å²) in [6.07, 6.45) is 0. The molecule has 0 saturated carbocycles. The van der Waals surface area contributed by atoms with Crippen LogP contribution < -0.4 is 5.32 Å². The molecular formula is C8H19NO. The minimum atomic E-state index is 0.0816. The minimum Gasteiger partial charge on any atom is -0.381 e. The van der Waals surface area contributed by atoms with Gasteiger partial charge in [0.2, 0.25) is 0 Å². The Labute approximate surface area is 63.6 Å². The van der Waals surface area contributed by atoms with Crippen molar-refractivity contribution in [2.45, 2.75) is 33.7 Å². The summed E-state index contributed by atoms with van der Waals surface area (Å²) in [5, 5.41) is 11.5. The molecule has 0 spiro atoms. The van der Waals surface area contributed by atoms with Crippen LogP contribution in [0.2, 0.25) is 0 Å². The largest absolute Gasteiger partial charge is 0.381 e. The molecule has 0 heterocycles. The maximum Gasteiger partial charge on any atom is 0.0933 e. The zero-order valence-corrected chi connectivity index (χ0v) is 7.39. The van der Waals surface area contributed by atoms with Gasteiger partial charge in [-0.15, -0.1) is 0 Å². The van der Waals surface area contributed by atoms with Gasteiger partial charge in [-0.2, -0.15) is 0 Å². The molecule has 2 nitrogen and oxygen atoms in total. The van der Waals surface area contributed by atoms with Gasteiger partial charge in [-0.05, 0) is 18.8 Å². The Morgan fingerprint density at radius 1 is 1.20 bits per heavy atom. The van der Waals surface area contributed by atoms with Crippen LogP contribution >= 0.6 is 0 Å². The number of rotatable bonds is 4. The summed E-state index contributed by atoms with van der Waals surface area (Å²) in [6, 6.07) is 0.407. The molecule has 0 aromatic carbocycles. The van der Waals surface area contributed by atoms with Crippen molar-refractivity contribution in [2.24, 2.45) is 11.8 Å². The van der Waals surface area contributed by atoms with E-state index in [4.69, 9.17) is 5.11 Å². The quantitative estimate of drug-likeness (QED) is 0.583. The lowest BCUT2D eigenvalue weighted by Crippen LogP contribution is -2.35. The molecule has 0 radical (unpaired) electrons. The fourth-order valence-electron chi connectivity index (χ4n) is 0.907. The van der Waals surface area contributed by atoms with Gasteiger partial charge in [0.05, 0.1) is 6.73 Å². The van der Waals surface area contributed by atoms with Crippen LogP contribution in [0.25, 0.3) is 0 Å². The third-order valence-corrected chi connectivity index (χ3v) is 2.25. The molecule has 2 heteroatoms. The van der Waals surface area contributed by atoms with E-state index in [0.717, 1.165) is 0 Å². The molecule has 2 unspecified atom stereocenters. The molecule has 10 heavy (non-hydrogen) atoms. The highest BCUT2D eigenvalue weighted by molar-refractivity contribution is 4.68. The van der Waals surface area contributed by atoms with E-state index in [-0.39, 0.29) is 6.73 Å². The van der Waals surface area contributed by atoms with E-state index in [0.29, 0.717) is 17.9 Å². The van der Waals surface area contributed by atoms with Crippen LogP contribution in [0.1, 0.15) is 27.7 Å². The lowest BCUT2D eigenvalue weighted by molar-refractivity contribution is 0.209. The van der Waals surface area contributed by atoms with Crippen molar-refractivity contribution in [3.63, 3.8) is 0 Å². The van der Waals surface area contributed by atoms with Crippen LogP contribution in [-0.2, 0) is 0 Å². The third kappa shape index (κ3) is 3.18. The van der Waals surface area contributed by atoms with Gasteiger partial charge in [0.15, 0.2) is 0 Å². The second-order valence-corrected chi connectivity index (χ2v) is 3.25. The zero-order chi connectivity index (χ0) is 8.15. The molecule has 0 aromatic heterocycles. The normalized spacial score (nSPS) is 17.4. The molecule has 0 fully saturated rings. The number of aliphatic hydroxyl groups is 1. The Bertz CT molecular complexity index is 83.3. The maximum absolute atomic E-state index is 8.56. The third-order valence-electron chi connectivity index (χ3n) is 2.25. The number of hydrogen-bond acceptors (Lipinski definition) is 2. The van der Waals surface area contributed by atoms with Crippen LogP contribution in [0, 0.1) is 11.8 Å². The molecule has 0 aliphatic rings. The van der Waals surface area contributed by atoms with E-state index in [1.807, 2.05) is 0 Å². The lowest BCUT2D eigenvalue weighted by Gasteiger charge is -2.23. The number of hydrogen-bond donors (Lipinski definition) is 2. The van der Waals surface area contributed by atoms with Gasteiger partial charge in [0.1, 0.15) is 0 Å². The van der Waals surface area contributed by atoms with Gasteiger partial charge in [-0.25, -0.2) is 0 Å². The van der Waals surface area contributed by atoms with E-state index in [2.05, 4.69) is 33.0 Å². The minimum absolute atomic E-state index is 0.0816. The Kier molecular flexibility index (Phi) is 4.65. The first kappa shape index (κ1) is 9.92. The summed E-state index contributed by atoms with van der Waals surface area (Å²) in [6.45, 7) is 8.76. The fraction of sp³-hybridized carbons (Fsp3) is 1.00. The molecule has 0 saturated heterocycles. The zero-order valence-electron chi connectivity index (χ0n) is 7.39. The first-order valence-electron chi connectivity index (χ1n) is 3.93. The van der Waals surface area contributed by atoms with Crippen LogP contribution in [0.4, 0.5) is 0 Å². The number of aliphatic hydroxyl groups excluding tert-OH is 1. The van der Waals surface area contributed by atoms with Crippen molar-refractivity contribution in [3.05, 3.63) is 0 Å². The molecule has 0 aliphatic heterocycles. The average molecular weight is 145 g/mol. The molecule has 0 aliphatic carbocycles. The van der Waals surface area contributed by atoms with E-state index in [1.54, 1.807) is 0 Å². The molecular weight excluding hydrogens is 126 g/mol. The van der Waals surface area contributed by atoms with Crippen LogP contribution in [0.3, 0.4) is 0 Å². The van der Waals surface area contributed by atoms with Crippen molar-refractivity contribution in [1.29, 1.82) is 0 Å². The number of nitrogens with one attached hydrogen (secondary N) is 1. The summed E-state index contributed by atoms with van der Waals surface area (Å²) in [5.41, 5.74) is 0. The Morgan fingerprint density at radius 2 is 1.70 bits per heavy atom. The Balaban J connectivity index is 3.58. The standard InChI is InChI=1S/C8H19NO/c1-6(2)7(3)8(4)9-5-10/h6-10H,5H2,1-4H3. The summed E-state index contributed by atoms with van der Waals surface area (Å²) >= 11 is 0. The monoisotopic (exact) mass is 145 g/mol. The molecule has 0 rings (SSSR count). The summed E-state index contributed by atoms with van der Waals surface area (Å²) in [4.78, 5) is 0. The molecule has 0 bridgehead atoms. The van der Waals surface area contributed by atoms with Gasteiger partial charge in [0, 0.05) is 6.04 Å². The van der Waals surface area contributed by atoms with Crippen LogP contribution in [0.15, 0.2) is 0 Å². The topological polar surface area (TPSA) is 32.3 Å². The predicted octanol–water partition coefficient (Wildman–Crippen LogP) is 1.21. The molecule has 0 amide bonds. The van der Waals surface area contributed by atoms with Crippen molar-refractivity contribution in [2.75, 3.05) is 6.73 Å². The second-order valence-electron chi connectivity index (χ2n) is 3.25. The summed E-state index contributed by atoms with van der Waals surface area (Å²) in [7, 11) is 0. The average Bonchev–Trinajstić information content (AvgIpc) is 1.87. The van der Waals surface area contributed by atoms with Gasteiger partial charge >= 0.3 is 0 Å². The first-order valence-corrected chi connectivity index (χ1v) is 3.93. The van der Waals surface area contributed by atoms with Gasteiger partial charge in [0.25, 0.3) is 0 Å². The SMILES string of the molecule is CC(C)C(C)C(C)NCO. The molecule has 62 valence electrons. The maximum atomic E-state index is 8.56. The Hall–Kier alpha value is -0.0800. The smallest absolute Gasteiger partial charge is 0.0933 e. The Morgan fingerprint density at radius 3 is 2.00 bits per heavy atom. The first-order chi connectivity index (χ1) is 4.59. The van der Waals surface area contributed by atoms with E-state index < -0.39 is 0 Å². The molecule has 2 N–H and O–H groups in total. The van der Waals surface area contributed by atoms with Gasteiger partial charge in [-0.1, -0.05) is 20.8 Å². The van der Waals surface area contributed by atoms with E-state index in [1.165, 1.54) is 0 Å². The summed E-state index contributed by atoms with van der Waals surface area (Å²) < 4.78 is 0.